The molecule has 0 radical (unpaired) electrons. The van der Waals surface area contributed by atoms with Crippen LogP contribution >= 0.6 is 0 Å². The largest absolute Gasteiger partial charge is 0.462 e. The zero-order valence-corrected chi connectivity index (χ0v) is 35.5. The number of hydrogen-bond acceptors (Lipinski definition) is 5. The van der Waals surface area contributed by atoms with Gasteiger partial charge in [-0.2, -0.15) is 0 Å². The van der Waals surface area contributed by atoms with Gasteiger partial charge in [-0.1, -0.05) is 184 Å². The molecule has 0 bridgehead atoms. The van der Waals surface area contributed by atoms with Gasteiger partial charge < -0.3 is 14.2 Å². The van der Waals surface area contributed by atoms with Crippen molar-refractivity contribution in [1.29, 1.82) is 0 Å². The Kier molecular flexibility index (Phi) is 42.5. The van der Waals surface area contributed by atoms with Gasteiger partial charge in [0.1, 0.15) is 6.61 Å². The molecular weight excluding hydrogens is 669 g/mol. The maximum atomic E-state index is 12.7. The molecule has 0 saturated heterocycles. The summed E-state index contributed by atoms with van der Waals surface area (Å²) in [6.07, 6.45) is 56.3. The highest BCUT2D eigenvalue weighted by Gasteiger charge is 2.17. The molecule has 1 unspecified atom stereocenters. The van der Waals surface area contributed by atoms with E-state index >= 15 is 0 Å². The van der Waals surface area contributed by atoms with E-state index in [1.165, 1.54) is 96.3 Å². The van der Waals surface area contributed by atoms with Crippen molar-refractivity contribution in [3.63, 3.8) is 0 Å². The molecule has 310 valence electrons. The second kappa shape index (κ2) is 44.7. The molecule has 0 aliphatic rings. The van der Waals surface area contributed by atoms with Crippen LogP contribution in [0, 0.1) is 0 Å². The van der Waals surface area contributed by atoms with Crippen molar-refractivity contribution in [2.24, 2.45) is 0 Å². The first-order chi connectivity index (χ1) is 26.6. The van der Waals surface area contributed by atoms with Crippen LogP contribution in [0.1, 0.15) is 201 Å². The molecule has 0 spiro atoms. The summed E-state index contributed by atoms with van der Waals surface area (Å²) in [5, 5.41) is 0. The van der Waals surface area contributed by atoms with E-state index in [1.807, 2.05) is 6.08 Å². The second-order valence-electron chi connectivity index (χ2n) is 14.6. The first-order valence-corrected chi connectivity index (χ1v) is 22.5. The highest BCUT2D eigenvalue weighted by atomic mass is 16.6. The molecule has 5 nitrogen and oxygen atoms in total. The average molecular weight is 753 g/mol. The summed E-state index contributed by atoms with van der Waals surface area (Å²) in [6, 6.07) is 0. The quantitative estimate of drug-likeness (QED) is 0.0354. The van der Waals surface area contributed by atoms with E-state index in [9.17, 15) is 9.59 Å². The number of rotatable bonds is 40. The summed E-state index contributed by atoms with van der Waals surface area (Å²) < 4.78 is 17.2. The van der Waals surface area contributed by atoms with Crippen molar-refractivity contribution in [3.8, 4) is 0 Å². The van der Waals surface area contributed by atoms with Crippen LogP contribution in [0.3, 0.4) is 0 Å². The molecular formula is C49H84O5. The lowest BCUT2D eigenvalue weighted by atomic mass is 10.1. The monoisotopic (exact) mass is 753 g/mol. The molecule has 0 rings (SSSR count). The first-order valence-electron chi connectivity index (χ1n) is 22.5. The van der Waals surface area contributed by atoms with Crippen LogP contribution in [-0.4, -0.2) is 37.9 Å². The van der Waals surface area contributed by atoms with E-state index in [0.717, 1.165) is 64.2 Å². The molecule has 0 amide bonds. The minimum Gasteiger partial charge on any atom is -0.462 e. The van der Waals surface area contributed by atoms with E-state index in [2.05, 4.69) is 87.6 Å². The minimum atomic E-state index is -0.568. The second-order valence-corrected chi connectivity index (χ2v) is 14.6. The predicted molar refractivity (Wildman–Crippen MR) is 233 cm³/mol. The van der Waals surface area contributed by atoms with Gasteiger partial charge in [-0.05, 0) is 77.0 Å². The number of esters is 2. The van der Waals surface area contributed by atoms with Crippen molar-refractivity contribution in [2.45, 2.75) is 207 Å². The fourth-order valence-corrected chi connectivity index (χ4v) is 5.90. The summed E-state index contributed by atoms with van der Waals surface area (Å²) in [5.41, 5.74) is 0. The molecule has 0 aliphatic carbocycles. The number of ether oxygens (including phenoxy) is 3. The van der Waals surface area contributed by atoms with E-state index in [0.29, 0.717) is 25.9 Å². The first kappa shape index (κ1) is 51.3. The Morgan fingerprint density at radius 1 is 0.426 bits per heavy atom. The summed E-state index contributed by atoms with van der Waals surface area (Å²) in [7, 11) is 0. The van der Waals surface area contributed by atoms with E-state index < -0.39 is 6.10 Å². The van der Waals surface area contributed by atoms with Gasteiger partial charge in [0.2, 0.25) is 0 Å². The lowest BCUT2D eigenvalue weighted by molar-refractivity contribution is -0.162. The molecule has 0 heterocycles. The maximum absolute atomic E-state index is 12.7. The topological polar surface area (TPSA) is 61.8 Å². The third-order valence-electron chi connectivity index (χ3n) is 9.24. The summed E-state index contributed by atoms with van der Waals surface area (Å²) in [4.78, 5) is 25.1. The van der Waals surface area contributed by atoms with E-state index in [-0.39, 0.29) is 25.2 Å². The van der Waals surface area contributed by atoms with Crippen molar-refractivity contribution < 1.29 is 23.8 Å². The summed E-state index contributed by atoms with van der Waals surface area (Å²) in [6.45, 7) is 7.56. The highest BCUT2D eigenvalue weighted by molar-refractivity contribution is 5.70. The number of hydrogen-bond donors (Lipinski definition) is 0. The van der Waals surface area contributed by atoms with Crippen LogP contribution < -0.4 is 0 Å². The predicted octanol–water partition coefficient (Wildman–Crippen LogP) is 14.8. The van der Waals surface area contributed by atoms with Crippen molar-refractivity contribution >= 4 is 11.9 Å². The van der Waals surface area contributed by atoms with Gasteiger partial charge in [-0.3, -0.25) is 9.59 Å². The number of allylic oxidation sites excluding steroid dienone is 12. The Labute approximate surface area is 334 Å². The summed E-state index contributed by atoms with van der Waals surface area (Å²) in [5.74, 6) is -0.501. The Hall–Kier alpha value is -2.66. The number of unbranched alkanes of at least 4 members (excludes halogenated alkanes) is 17. The zero-order chi connectivity index (χ0) is 39.3. The van der Waals surface area contributed by atoms with Gasteiger partial charge in [0, 0.05) is 19.4 Å². The van der Waals surface area contributed by atoms with Crippen molar-refractivity contribution in [3.05, 3.63) is 72.9 Å². The van der Waals surface area contributed by atoms with Crippen LogP contribution in [0.5, 0.6) is 0 Å². The highest BCUT2D eigenvalue weighted by Crippen LogP contribution is 2.12. The molecule has 0 N–H and O–H groups in total. The van der Waals surface area contributed by atoms with E-state index in [1.54, 1.807) is 0 Å². The third kappa shape index (κ3) is 42.1. The van der Waals surface area contributed by atoms with Gasteiger partial charge in [0.05, 0.1) is 6.61 Å². The minimum absolute atomic E-state index is 0.0419. The molecule has 5 heteroatoms. The molecule has 0 aliphatic heterocycles. The fraction of sp³-hybridized carbons (Fsp3) is 0.714. The fourth-order valence-electron chi connectivity index (χ4n) is 5.90. The molecule has 0 aromatic carbocycles. The van der Waals surface area contributed by atoms with Crippen LogP contribution in [0.15, 0.2) is 72.9 Å². The smallest absolute Gasteiger partial charge is 0.306 e. The number of carbonyl (C=O) groups is 2. The van der Waals surface area contributed by atoms with Crippen LogP contribution in [0.25, 0.3) is 0 Å². The molecule has 0 fully saturated rings. The van der Waals surface area contributed by atoms with Crippen LogP contribution in [0.2, 0.25) is 0 Å². The Morgan fingerprint density at radius 2 is 0.870 bits per heavy atom. The lowest BCUT2D eigenvalue weighted by Gasteiger charge is -2.18. The Bertz CT molecular complexity index is 988. The molecule has 1 atom stereocenters. The van der Waals surface area contributed by atoms with Gasteiger partial charge in [-0.25, -0.2) is 0 Å². The Balaban J connectivity index is 4.33. The maximum Gasteiger partial charge on any atom is 0.306 e. The van der Waals surface area contributed by atoms with E-state index in [4.69, 9.17) is 14.2 Å². The normalized spacial score (nSPS) is 12.9. The number of carbonyl (C=O) groups excluding carboxylic acids is 2. The van der Waals surface area contributed by atoms with Gasteiger partial charge in [0.15, 0.2) is 6.10 Å². The average Bonchev–Trinajstić information content (AvgIpc) is 3.17. The third-order valence-corrected chi connectivity index (χ3v) is 9.24. The zero-order valence-electron chi connectivity index (χ0n) is 35.5. The van der Waals surface area contributed by atoms with Gasteiger partial charge >= 0.3 is 11.9 Å². The molecule has 0 aromatic heterocycles. The van der Waals surface area contributed by atoms with Gasteiger partial charge in [0.25, 0.3) is 0 Å². The van der Waals surface area contributed by atoms with Crippen LogP contribution in [0.4, 0.5) is 0 Å². The standard InChI is InChI=1S/C49H84O5/c1-4-7-10-13-16-19-21-23-24-25-27-29-32-35-38-41-44-52-45-47(54-49(51)43-40-37-34-30-18-15-12-9-6-3)46-53-48(50)42-39-36-33-31-28-26-22-20-17-14-11-8-5-2/h8,11,16-17,19-20,23-24,26,28,33,36,47H,4-7,9-10,12-15,18,21-22,25,27,29-32,34-35,37-46H2,1-3H3/b11-8-,19-16-,20-17-,24-23-,28-26-,36-33-. The molecule has 54 heavy (non-hydrogen) atoms. The molecule has 0 saturated carbocycles. The Morgan fingerprint density at radius 3 is 1.44 bits per heavy atom. The van der Waals surface area contributed by atoms with Gasteiger partial charge in [-0.15, -0.1) is 0 Å². The lowest BCUT2D eigenvalue weighted by Crippen LogP contribution is -2.30. The SMILES string of the molecule is CC/C=C\C/C=C\C/C=C\C/C=C\CCC(=O)OCC(COCCCCCCCC/C=C\C/C=C\CCCCC)OC(=O)CCCCCCCCCCC. The van der Waals surface area contributed by atoms with Crippen LogP contribution in [-0.2, 0) is 23.8 Å². The summed E-state index contributed by atoms with van der Waals surface area (Å²) >= 11 is 0. The molecule has 0 aromatic rings. The van der Waals surface area contributed by atoms with Crippen molar-refractivity contribution in [1.82, 2.24) is 0 Å². The van der Waals surface area contributed by atoms with Crippen molar-refractivity contribution in [2.75, 3.05) is 19.8 Å².